The van der Waals surface area contributed by atoms with E-state index in [1.165, 1.54) is 6.33 Å². The molecule has 0 saturated carbocycles. The molecule has 5 nitrogen and oxygen atoms in total. The molecule has 4 N–H and O–H groups in total. The lowest BCUT2D eigenvalue weighted by Gasteiger charge is -2.28. The standard InChI is InChI=1S/C9H15BrN4O/c1-3-9(2,4-11)14-7-6(10)8(15)13-5-12-7/h5H,3-4,11H2,1-2H3,(H2,12,13,14,15). The average Bonchev–Trinajstić information content (AvgIpc) is 2.25. The Kier molecular flexibility index (Phi) is 3.87. The zero-order valence-corrected chi connectivity index (χ0v) is 10.4. The van der Waals surface area contributed by atoms with Crippen molar-refractivity contribution in [1.82, 2.24) is 9.97 Å². The van der Waals surface area contributed by atoms with E-state index in [0.29, 0.717) is 16.8 Å². The summed E-state index contributed by atoms with van der Waals surface area (Å²) in [5.74, 6) is 0.522. The summed E-state index contributed by atoms with van der Waals surface area (Å²) in [6.45, 7) is 4.49. The lowest BCUT2D eigenvalue weighted by atomic mass is 9.99. The fourth-order valence-electron chi connectivity index (χ4n) is 1.04. The third-order valence-electron chi connectivity index (χ3n) is 2.45. The van der Waals surface area contributed by atoms with Crippen LogP contribution in [0.3, 0.4) is 0 Å². The van der Waals surface area contributed by atoms with Crippen LogP contribution in [0.15, 0.2) is 15.6 Å². The zero-order valence-electron chi connectivity index (χ0n) is 8.80. The third-order valence-corrected chi connectivity index (χ3v) is 3.18. The van der Waals surface area contributed by atoms with E-state index >= 15 is 0 Å². The molecular formula is C9H15BrN4O. The molecule has 0 bridgehead atoms. The normalized spacial score (nSPS) is 14.7. The van der Waals surface area contributed by atoms with E-state index in [0.717, 1.165) is 6.42 Å². The van der Waals surface area contributed by atoms with Gasteiger partial charge in [-0.3, -0.25) is 4.79 Å². The summed E-state index contributed by atoms with van der Waals surface area (Å²) in [6, 6.07) is 0. The Morgan fingerprint density at radius 3 is 2.93 bits per heavy atom. The molecule has 6 heteroatoms. The quantitative estimate of drug-likeness (QED) is 0.767. The Morgan fingerprint density at radius 2 is 2.40 bits per heavy atom. The molecular weight excluding hydrogens is 260 g/mol. The molecule has 0 aliphatic rings. The highest BCUT2D eigenvalue weighted by Crippen LogP contribution is 2.20. The van der Waals surface area contributed by atoms with Crippen molar-refractivity contribution in [2.75, 3.05) is 11.9 Å². The number of aromatic amines is 1. The summed E-state index contributed by atoms with van der Waals surface area (Å²) in [5, 5.41) is 3.16. The van der Waals surface area contributed by atoms with Crippen LogP contribution in [-0.4, -0.2) is 22.1 Å². The number of anilines is 1. The number of aromatic nitrogens is 2. The summed E-state index contributed by atoms with van der Waals surface area (Å²) in [5.41, 5.74) is 5.21. The van der Waals surface area contributed by atoms with Gasteiger partial charge in [-0.05, 0) is 29.3 Å². The van der Waals surface area contributed by atoms with Crippen molar-refractivity contribution >= 4 is 21.7 Å². The average molecular weight is 275 g/mol. The van der Waals surface area contributed by atoms with Crippen molar-refractivity contribution in [2.45, 2.75) is 25.8 Å². The van der Waals surface area contributed by atoms with Crippen LogP contribution in [0, 0.1) is 0 Å². The largest absolute Gasteiger partial charge is 0.362 e. The van der Waals surface area contributed by atoms with Gasteiger partial charge in [0, 0.05) is 12.1 Å². The molecule has 1 unspecified atom stereocenters. The minimum Gasteiger partial charge on any atom is -0.362 e. The number of nitrogens with two attached hydrogens (primary N) is 1. The molecule has 1 aromatic rings. The Hall–Kier alpha value is -0.880. The number of nitrogens with one attached hydrogen (secondary N) is 2. The predicted molar refractivity (Wildman–Crippen MR) is 63.9 cm³/mol. The summed E-state index contributed by atoms with van der Waals surface area (Å²) in [6.07, 6.45) is 2.21. The van der Waals surface area contributed by atoms with Gasteiger partial charge < -0.3 is 16.0 Å². The Morgan fingerprint density at radius 1 is 1.73 bits per heavy atom. The molecule has 0 amide bonds. The third kappa shape index (κ3) is 2.79. The molecule has 0 aliphatic heterocycles. The van der Waals surface area contributed by atoms with E-state index in [-0.39, 0.29) is 11.1 Å². The maximum atomic E-state index is 11.3. The number of nitrogens with zero attached hydrogens (tertiary/aromatic N) is 1. The number of rotatable bonds is 4. The minimum absolute atomic E-state index is 0.206. The molecule has 84 valence electrons. The van der Waals surface area contributed by atoms with Crippen LogP contribution >= 0.6 is 15.9 Å². The van der Waals surface area contributed by atoms with Gasteiger partial charge in [0.25, 0.3) is 5.56 Å². The molecule has 0 saturated heterocycles. The number of H-pyrrole nitrogens is 1. The van der Waals surface area contributed by atoms with Crippen molar-refractivity contribution in [1.29, 1.82) is 0 Å². The molecule has 0 fully saturated rings. The van der Waals surface area contributed by atoms with E-state index in [1.54, 1.807) is 0 Å². The molecule has 15 heavy (non-hydrogen) atoms. The molecule has 0 aromatic carbocycles. The highest BCUT2D eigenvalue weighted by atomic mass is 79.9. The molecule has 1 heterocycles. The molecule has 1 aromatic heterocycles. The lowest BCUT2D eigenvalue weighted by Crippen LogP contribution is -2.42. The van der Waals surface area contributed by atoms with Crippen LogP contribution in [0.4, 0.5) is 5.82 Å². The van der Waals surface area contributed by atoms with Crippen LogP contribution in [0.1, 0.15) is 20.3 Å². The van der Waals surface area contributed by atoms with Gasteiger partial charge in [0.15, 0.2) is 0 Å². The molecule has 0 aliphatic carbocycles. The smallest absolute Gasteiger partial charge is 0.267 e. The van der Waals surface area contributed by atoms with Gasteiger partial charge in [-0.25, -0.2) is 4.98 Å². The fraction of sp³-hybridized carbons (Fsp3) is 0.556. The van der Waals surface area contributed by atoms with Crippen LogP contribution in [0.2, 0.25) is 0 Å². The Balaban J connectivity index is 2.99. The van der Waals surface area contributed by atoms with Crippen LogP contribution < -0.4 is 16.6 Å². The highest BCUT2D eigenvalue weighted by Gasteiger charge is 2.21. The molecule has 1 atom stereocenters. The first-order valence-electron chi connectivity index (χ1n) is 4.74. The predicted octanol–water partition coefficient (Wildman–Crippen LogP) is 1.07. The molecule has 1 rings (SSSR count). The summed E-state index contributed by atoms with van der Waals surface area (Å²) in [7, 11) is 0. The van der Waals surface area contributed by atoms with Gasteiger partial charge in [0.05, 0.1) is 6.33 Å². The fourth-order valence-corrected chi connectivity index (χ4v) is 1.36. The Bertz CT molecular complexity index is 386. The van der Waals surface area contributed by atoms with Gasteiger partial charge in [0.1, 0.15) is 10.3 Å². The van der Waals surface area contributed by atoms with Crippen molar-refractivity contribution in [2.24, 2.45) is 5.73 Å². The first-order valence-corrected chi connectivity index (χ1v) is 5.53. The molecule has 0 spiro atoms. The van der Waals surface area contributed by atoms with E-state index in [9.17, 15) is 4.79 Å². The first-order chi connectivity index (χ1) is 7.02. The zero-order chi connectivity index (χ0) is 11.5. The number of hydrogen-bond donors (Lipinski definition) is 3. The van der Waals surface area contributed by atoms with Crippen molar-refractivity contribution in [3.8, 4) is 0 Å². The molecule has 0 radical (unpaired) electrons. The van der Waals surface area contributed by atoms with Crippen LogP contribution in [-0.2, 0) is 0 Å². The lowest BCUT2D eigenvalue weighted by molar-refractivity contribution is 0.504. The van der Waals surface area contributed by atoms with Gasteiger partial charge >= 0.3 is 0 Å². The maximum Gasteiger partial charge on any atom is 0.267 e. The first kappa shape index (κ1) is 12.2. The number of hydrogen-bond acceptors (Lipinski definition) is 4. The van der Waals surface area contributed by atoms with Crippen molar-refractivity contribution in [3.63, 3.8) is 0 Å². The Labute approximate surface area is 96.6 Å². The highest BCUT2D eigenvalue weighted by molar-refractivity contribution is 9.10. The minimum atomic E-state index is -0.247. The summed E-state index contributed by atoms with van der Waals surface area (Å²) >= 11 is 3.18. The van der Waals surface area contributed by atoms with Gasteiger partial charge in [-0.2, -0.15) is 0 Å². The second-order valence-electron chi connectivity index (χ2n) is 3.64. The van der Waals surface area contributed by atoms with E-state index in [2.05, 4.69) is 31.2 Å². The van der Waals surface area contributed by atoms with Crippen molar-refractivity contribution < 1.29 is 0 Å². The SMILES string of the molecule is CCC(C)(CN)Nc1nc[nH]c(=O)c1Br. The second kappa shape index (κ2) is 4.76. The maximum absolute atomic E-state index is 11.3. The topological polar surface area (TPSA) is 83.8 Å². The van der Waals surface area contributed by atoms with Crippen molar-refractivity contribution in [3.05, 3.63) is 21.2 Å². The monoisotopic (exact) mass is 274 g/mol. The van der Waals surface area contributed by atoms with E-state index in [4.69, 9.17) is 5.73 Å². The van der Waals surface area contributed by atoms with Crippen LogP contribution in [0.5, 0.6) is 0 Å². The second-order valence-corrected chi connectivity index (χ2v) is 4.43. The van der Waals surface area contributed by atoms with Gasteiger partial charge in [-0.1, -0.05) is 6.92 Å². The van der Waals surface area contributed by atoms with E-state index in [1.807, 2.05) is 13.8 Å². The summed E-state index contributed by atoms with van der Waals surface area (Å²) < 4.78 is 0.401. The van der Waals surface area contributed by atoms with Crippen LogP contribution in [0.25, 0.3) is 0 Å². The van der Waals surface area contributed by atoms with Gasteiger partial charge in [0.2, 0.25) is 0 Å². The van der Waals surface area contributed by atoms with Gasteiger partial charge in [-0.15, -0.1) is 0 Å². The number of halogens is 1. The summed E-state index contributed by atoms with van der Waals surface area (Å²) in [4.78, 5) is 17.8. The van der Waals surface area contributed by atoms with E-state index < -0.39 is 0 Å².